The van der Waals surface area contributed by atoms with Crippen molar-refractivity contribution in [1.29, 1.82) is 0 Å². The fraction of sp³-hybridized carbons (Fsp3) is 0.333. The molecule has 0 bridgehead atoms. The number of aliphatic hydroxyl groups is 1. The van der Waals surface area contributed by atoms with Gasteiger partial charge >= 0.3 is 0 Å². The number of hydrogen-bond acceptors (Lipinski definition) is 5. The Morgan fingerprint density at radius 1 is 1.67 bits per heavy atom. The van der Waals surface area contributed by atoms with Crippen molar-refractivity contribution >= 4 is 29.5 Å². The second kappa shape index (κ2) is 7.58. The number of hydrogen-bond donors (Lipinski definition) is 4. The van der Waals surface area contributed by atoms with Crippen LogP contribution in [0.1, 0.15) is 16.8 Å². The summed E-state index contributed by atoms with van der Waals surface area (Å²) in [5.74, 6) is 0.0871. The first kappa shape index (κ1) is 14.3. The van der Waals surface area contributed by atoms with E-state index in [4.69, 9.17) is 10.8 Å². The van der Waals surface area contributed by atoms with Crippen LogP contribution in [0.5, 0.6) is 5.75 Å². The molecule has 0 atom stereocenters. The first-order chi connectivity index (χ1) is 7.12. The normalized spacial score (nSPS) is 9.07. The third-order valence-electron chi connectivity index (χ3n) is 1.80. The van der Waals surface area contributed by atoms with E-state index in [0.29, 0.717) is 16.8 Å². The van der Waals surface area contributed by atoms with Gasteiger partial charge in [0.05, 0.1) is 12.3 Å². The van der Waals surface area contributed by atoms with Crippen LogP contribution in [0.2, 0.25) is 0 Å². The van der Waals surface area contributed by atoms with Gasteiger partial charge in [-0.15, -0.1) is 12.6 Å². The second-order valence-corrected chi connectivity index (χ2v) is 3.51. The number of thiocarbonyl (C=S) groups is 1. The van der Waals surface area contributed by atoms with Gasteiger partial charge in [0.2, 0.25) is 0 Å². The van der Waals surface area contributed by atoms with Gasteiger partial charge in [0.15, 0.2) is 0 Å². The molecule has 0 saturated carbocycles. The molecule has 1 aromatic heterocycles. The SMILES string of the molecule is Cc1ncc(CO)c(CN)c1O.S=CS. The number of pyridine rings is 1. The van der Waals surface area contributed by atoms with Crippen LogP contribution in [0.15, 0.2) is 6.20 Å². The first-order valence-corrected chi connectivity index (χ1v) is 5.16. The lowest BCUT2D eigenvalue weighted by molar-refractivity contribution is 0.279. The van der Waals surface area contributed by atoms with Crippen molar-refractivity contribution in [3.63, 3.8) is 0 Å². The number of nitrogens with zero attached hydrogens (tertiary/aromatic N) is 1. The fourth-order valence-corrected chi connectivity index (χ4v) is 1.05. The fourth-order valence-electron chi connectivity index (χ4n) is 1.05. The maximum absolute atomic E-state index is 9.46. The van der Waals surface area contributed by atoms with Gasteiger partial charge in [-0.25, -0.2) is 0 Å². The minimum absolute atomic E-state index is 0.0871. The molecule has 1 heterocycles. The number of aromatic nitrogens is 1. The van der Waals surface area contributed by atoms with Crippen LogP contribution in [-0.4, -0.2) is 19.9 Å². The average molecular weight is 246 g/mol. The summed E-state index contributed by atoms with van der Waals surface area (Å²) in [6.07, 6.45) is 1.53. The summed E-state index contributed by atoms with van der Waals surface area (Å²) < 4.78 is 1.28. The number of aliphatic hydroxyl groups excluding tert-OH is 1. The molecule has 0 spiro atoms. The molecule has 4 nitrogen and oxygen atoms in total. The van der Waals surface area contributed by atoms with Crippen molar-refractivity contribution < 1.29 is 10.2 Å². The van der Waals surface area contributed by atoms with Gasteiger partial charge in [-0.05, 0) is 6.92 Å². The minimum atomic E-state index is -0.145. The Morgan fingerprint density at radius 3 is 2.60 bits per heavy atom. The van der Waals surface area contributed by atoms with Gasteiger partial charge in [0.25, 0.3) is 0 Å². The van der Waals surface area contributed by atoms with E-state index in [2.05, 4.69) is 29.8 Å². The van der Waals surface area contributed by atoms with Gasteiger partial charge in [-0.2, -0.15) is 0 Å². The monoisotopic (exact) mass is 246 g/mol. The Hall–Kier alpha value is -0.690. The summed E-state index contributed by atoms with van der Waals surface area (Å²) in [7, 11) is 0. The van der Waals surface area contributed by atoms with Crippen molar-refractivity contribution in [2.45, 2.75) is 20.1 Å². The molecule has 4 N–H and O–H groups in total. The van der Waals surface area contributed by atoms with Gasteiger partial charge in [-0.3, -0.25) is 4.98 Å². The Morgan fingerprint density at radius 2 is 2.20 bits per heavy atom. The summed E-state index contributed by atoms with van der Waals surface area (Å²) in [6, 6.07) is 0. The molecule has 0 aliphatic heterocycles. The van der Waals surface area contributed by atoms with Crippen molar-refractivity contribution in [3.05, 3.63) is 23.0 Å². The predicted octanol–water partition coefficient (Wildman–Crippen LogP) is 0.920. The maximum atomic E-state index is 9.46. The summed E-state index contributed by atoms with van der Waals surface area (Å²) in [5, 5.41) is 18.3. The van der Waals surface area contributed by atoms with Crippen LogP contribution in [0, 0.1) is 6.92 Å². The lowest BCUT2D eigenvalue weighted by Gasteiger charge is -2.08. The molecule has 15 heavy (non-hydrogen) atoms. The Bertz CT molecular complexity index is 332. The van der Waals surface area contributed by atoms with E-state index >= 15 is 0 Å². The summed E-state index contributed by atoms with van der Waals surface area (Å²) in [4.78, 5) is 3.89. The molecule has 0 aromatic carbocycles. The molecule has 84 valence electrons. The Balaban J connectivity index is 0.000000583. The molecule has 0 saturated heterocycles. The number of aromatic hydroxyl groups is 1. The molecular formula is C9H14N2O2S2. The number of thiol groups is 1. The van der Waals surface area contributed by atoms with E-state index in [0.717, 1.165) is 0 Å². The van der Waals surface area contributed by atoms with Crippen LogP contribution in [0.3, 0.4) is 0 Å². The summed E-state index contributed by atoms with van der Waals surface area (Å²) >= 11 is 7.61. The molecule has 0 unspecified atom stereocenters. The number of nitrogens with two attached hydrogens (primary N) is 1. The molecule has 0 aliphatic carbocycles. The van der Waals surface area contributed by atoms with E-state index < -0.39 is 0 Å². The Labute approximate surface area is 99.6 Å². The third-order valence-corrected chi connectivity index (χ3v) is 1.80. The van der Waals surface area contributed by atoms with Gasteiger partial charge in [0.1, 0.15) is 5.75 Å². The highest BCUT2D eigenvalue weighted by Crippen LogP contribution is 2.22. The standard InChI is InChI=1S/C8H12N2O2.CH2S2/c1-5-8(12)7(2-9)6(4-11)3-10-5;2-1-3/h3,11-12H,2,4,9H2,1H3;1H,(H,2,3). The molecule has 1 rings (SSSR count). The van der Waals surface area contributed by atoms with E-state index in [1.807, 2.05) is 0 Å². The number of aryl methyl sites for hydroxylation is 1. The second-order valence-electron chi connectivity index (χ2n) is 2.66. The van der Waals surface area contributed by atoms with Crippen molar-refractivity contribution in [3.8, 4) is 5.75 Å². The first-order valence-electron chi connectivity index (χ1n) is 4.17. The predicted molar refractivity (Wildman–Crippen MR) is 67.1 cm³/mol. The van der Waals surface area contributed by atoms with Crippen molar-refractivity contribution in [2.24, 2.45) is 5.73 Å². The van der Waals surface area contributed by atoms with Crippen LogP contribution in [0.4, 0.5) is 0 Å². The van der Waals surface area contributed by atoms with Crippen molar-refractivity contribution in [1.82, 2.24) is 4.98 Å². The number of rotatable bonds is 2. The molecule has 0 fully saturated rings. The van der Waals surface area contributed by atoms with Crippen molar-refractivity contribution in [2.75, 3.05) is 0 Å². The molecule has 0 amide bonds. The molecule has 1 aromatic rings. The van der Waals surface area contributed by atoms with Crippen LogP contribution < -0.4 is 5.73 Å². The average Bonchev–Trinajstić information content (AvgIpc) is 2.23. The molecule has 6 heteroatoms. The molecule has 0 radical (unpaired) electrons. The highest BCUT2D eigenvalue weighted by Gasteiger charge is 2.08. The minimum Gasteiger partial charge on any atom is -0.506 e. The Kier molecular flexibility index (Phi) is 7.23. The topological polar surface area (TPSA) is 79.4 Å². The van der Waals surface area contributed by atoms with Gasteiger partial charge < -0.3 is 15.9 Å². The molecular weight excluding hydrogens is 232 g/mol. The van der Waals surface area contributed by atoms with Crippen LogP contribution >= 0.6 is 24.8 Å². The summed E-state index contributed by atoms with van der Waals surface area (Å²) in [6.45, 7) is 1.76. The van der Waals surface area contributed by atoms with E-state index in [9.17, 15) is 5.11 Å². The highest BCUT2D eigenvalue weighted by atomic mass is 32.1. The van der Waals surface area contributed by atoms with Gasteiger partial charge in [0, 0.05) is 28.6 Å². The molecule has 0 aliphatic rings. The quantitative estimate of drug-likeness (QED) is 0.461. The maximum Gasteiger partial charge on any atom is 0.141 e. The third kappa shape index (κ3) is 4.13. The highest BCUT2D eigenvalue weighted by molar-refractivity contribution is 8.08. The zero-order valence-electron chi connectivity index (χ0n) is 8.34. The van der Waals surface area contributed by atoms with Crippen LogP contribution in [-0.2, 0) is 13.2 Å². The lowest BCUT2D eigenvalue weighted by atomic mass is 10.1. The largest absolute Gasteiger partial charge is 0.506 e. The zero-order chi connectivity index (χ0) is 11.8. The van der Waals surface area contributed by atoms with Gasteiger partial charge in [-0.1, -0.05) is 12.2 Å². The smallest absolute Gasteiger partial charge is 0.141 e. The lowest BCUT2D eigenvalue weighted by Crippen LogP contribution is -2.04. The van der Waals surface area contributed by atoms with E-state index in [-0.39, 0.29) is 18.9 Å². The van der Waals surface area contributed by atoms with Crippen LogP contribution in [0.25, 0.3) is 0 Å². The zero-order valence-corrected chi connectivity index (χ0v) is 10.1. The van der Waals surface area contributed by atoms with E-state index in [1.54, 1.807) is 6.92 Å². The van der Waals surface area contributed by atoms with E-state index in [1.165, 1.54) is 10.9 Å². The summed E-state index contributed by atoms with van der Waals surface area (Å²) in [5.41, 5.74) is 7.09.